The third-order valence-corrected chi connectivity index (χ3v) is 8.00. The van der Waals surface area contributed by atoms with E-state index in [0.717, 1.165) is 0 Å². The Kier molecular flexibility index (Phi) is 12.7. The maximum absolute atomic E-state index is 12.4. The second-order valence-corrected chi connectivity index (χ2v) is 10.3. The van der Waals surface area contributed by atoms with Crippen molar-refractivity contribution in [1.82, 2.24) is 10.6 Å². The first-order valence-corrected chi connectivity index (χ1v) is 14.4. The van der Waals surface area contributed by atoms with E-state index in [1.54, 1.807) is 24.3 Å². The van der Waals surface area contributed by atoms with E-state index < -0.39 is 53.7 Å². The normalized spacial score (nSPS) is 21.0. The van der Waals surface area contributed by atoms with Crippen LogP contribution in [0.2, 0.25) is 0 Å². The minimum atomic E-state index is -1.26. The van der Waals surface area contributed by atoms with Crippen LogP contribution in [0.3, 0.4) is 0 Å². The van der Waals surface area contributed by atoms with E-state index >= 15 is 0 Å². The molecule has 2 N–H and O–H groups in total. The van der Waals surface area contributed by atoms with E-state index in [1.807, 2.05) is 0 Å². The number of esters is 3. The molecule has 4 rings (SSSR count). The lowest BCUT2D eigenvalue weighted by atomic mass is 9.82. The van der Waals surface area contributed by atoms with Crippen LogP contribution in [0.5, 0.6) is 34.5 Å². The molecule has 5 atom stereocenters. The number of methoxy groups -OCH3 is 9. The van der Waals surface area contributed by atoms with Gasteiger partial charge in [-0.25, -0.2) is 9.59 Å². The van der Waals surface area contributed by atoms with Crippen LogP contribution in [0.4, 0.5) is 0 Å². The summed E-state index contributed by atoms with van der Waals surface area (Å²) in [5.41, 5.74) is 1.000. The smallest absolute Gasteiger partial charge is 0.329 e. The molecule has 16 heteroatoms. The number of hydrogen-bond donors (Lipinski definition) is 2. The van der Waals surface area contributed by atoms with Gasteiger partial charge in [0.1, 0.15) is 52.5 Å². The van der Waals surface area contributed by atoms with E-state index in [9.17, 15) is 24.0 Å². The van der Waals surface area contributed by atoms with Crippen LogP contribution in [0.15, 0.2) is 24.3 Å². The first kappa shape index (κ1) is 37.1. The molecule has 16 nitrogen and oxygen atoms in total. The SMILES string of the molecule is COC(=O)C1NC(=O)C(C(=O)OC)C1c1c(OC)cc(OC)cc1OC.COC(=O)C1NC(=O)CC1c1c(OC)cc(OC)cc1OC. The molecule has 2 amide bonds. The van der Waals surface area contributed by atoms with Gasteiger partial charge in [-0.2, -0.15) is 0 Å². The average Bonchev–Trinajstić information content (AvgIpc) is 3.68. The summed E-state index contributed by atoms with van der Waals surface area (Å²) in [5, 5.41) is 5.12. The molecule has 0 aliphatic carbocycles. The highest BCUT2D eigenvalue weighted by Crippen LogP contribution is 2.47. The largest absolute Gasteiger partial charge is 0.496 e. The van der Waals surface area contributed by atoms with E-state index in [0.29, 0.717) is 45.6 Å². The number of carbonyl (C=O) groups is 5. The van der Waals surface area contributed by atoms with Gasteiger partial charge in [-0.05, 0) is 0 Å². The molecule has 0 bridgehead atoms. The minimum Gasteiger partial charge on any atom is -0.496 e. The van der Waals surface area contributed by atoms with Crippen molar-refractivity contribution >= 4 is 29.7 Å². The number of ether oxygens (including phenoxy) is 9. The van der Waals surface area contributed by atoms with Crippen LogP contribution in [-0.2, 0) is 38.2 Å². The molecule has 0 saturated carbocycles. The highest BCUT2D eigenvalue weighted by molar-refractivity contribution is 6.04. The molecule has 0 aromatic heterocycles. The van der Waals surface area contributed by atoms with Crippen molar-refractivity contribution in [2.24, 2.45) is 5.92 Å². The first-order valence-electron chi connectivity index (χ1n) is 14.4. The van der Waals surface area contributed by atoms with Crippen LogP contribution >= 0.6 is 0 Å². The van der Waals surface area contributed by atoms with Gasteiger partial charge in [0.15, 0.2) is 0 Å². The van der Waals surface area contributed by atoms with Crippen LogP contribution < -0.4 is 39.1 Å². The molecule has 2 aliphatic rings. The first-order chi connectivity index (χ1) is 23.0. The summed E-state index contributed by atoms with van der Waals surface area (Å²) in [6.45, 7) is 0. The topological polar surface area (TPSA) is 192 Å². The van der Waals surface area contributed by atoms with Gasteiger partial charge in [-0.15, -0.1) is 0 Å². The molecule has 2 heterocycles. The monoisotopic (exact) mass is 676 g/mol. The number of benzene rings is 2. The number of hydrogen-bond acceptors (Lipinski definition) is 14. The van der Waals surface area contributed by atoms with E-state index in [2.05, 4.69) is 10.6 Å². The summed E-state index contributed by atoms with van der Waals surface area (Å²) in [4.78, 5) is 60.5. The third-order valence-electron chi connectivity index (χ3n) is 8.00. The fourth-order valence-corrected chi connectivity index (χ4v) is 5.76. The molecule has 2 aromatic carbocycles. The number of amides is 2. The van der Waals surface area contributed by atoms with Gasteiger partial charge >= 0.3 is 17.9 Å². The fraction of sp³-hybridized carbons (Fsp3) is 0.469. The highest BCUT2D eigenvalue weighted by Gasteiger charge is 2.53. The summed E-state index contributed by atoms with van der Waals surface area (Å²) < 4.78 is 46.3. The Balaban J connectivity index is 0.000000264. The van der Waals surface area contributed by atoms with Crippen LogP contribution in [0, 0.1) is 5.92 Å². The van der Waals surface area contributed by atoms with E-state index in [-0.39, 0.29) is 12.3 Å². The Morgan fingerprint density at radius 2 is 0.979 bits per heavy atom. The molecule has 0 spiro atoms. The molecule has 2 saturated heterocycles. The minimum absolute atomic E-state index is 0.152. The zero-order valence-corrected chi connectivity index (χ0v) is 28.1. The molecule has 5 unspecified atom stereocenters. The molecule has 2 aromatic rings. The predicted molar refractivity (Wildman–Crippen MR) is 166 cm³/mol. The Morgan fingerprint density at radius 1 is 0.562 bits per heavy atom. The highest BCUT2D eigenvalue weighted by atomic mass is 16.5. The van der Waals surface area contributed by atoms with Gasteiger partial charge in [0.2, 0.25) is 11.8 Å². The maximum Gasteiger partial charge on any atom is 0.329 e. The number of carbonyl (C=O) groups excluding carboxylic acids is 5. The Morgan fingerprint density at radius 3 is 1.38 bits per heavy atom. The zero-order valence-electron chi connectivity index (χ0n) is 28.1. The van der Waals surface area contributed by atoms with Crippen molar-refractivity contribution < 1.29 is 66.6 Å². The quantitative estimate of drug-likeness (QED) is 0.195. The molecule has 2 aliphatic heterocycles. The standard InChI is InChI=1S/C17H21NO8.C15H19NO6/c1-22-8-6-9(23-2)11(10(7-8)24-3)12-13(16(20)25-4)15(19)18-14(12)17(21)26-5;1-19-8-5-10(20-2)13(11(6-8)21-3)9-7-12(17)16-14(9)15(18)22-4/h6-7,12-14H,1-5H3,(H,18,19);5-6,9,14H,7H2,1-4H3,(H,16,17). The van der Waals surface area contributed by atoms with Gasteiger partial charge < -0.3 is 53.3 Å². The van der Waals surface area contributed by atoms with Gasteiger partial charge in [-0.3, -0.25) is 14.4 Å². The molecule has 0 radical (unpaired) electrons. The summed E-state index contributed by atoms with van der Waals surface area (Å²) in [6.07, 6.45) is 0.152. The van der Waals surface area contributed by atoms with Crippen LogP contribution in [0.25, 0.3) is 0 Å². The van der Waals surface area contributed by atoms with Gasteiger partial charge in [0, 0.05) is 53.6 Å². The second-order valence-electron chi connectivity index (χ2n) is 10.3. The van der Waals surface area contributed by atoms with Crippen LogP contribution in [-0.4, -0.2) is 106 Å². The molecule has 48 heavy (non-hydrogen) atoms. The van der Waals surface area contributed by atoms with E-state index in [1.165, 1.54) is 64.0 Å². The summed E-state index contributed by atoms with van der Waals surface area (Å²) in [5.74, 6) is -2.90. The summed E-state index contributed by atoms with van der Waals surface area (Å²) >= 11 is 0. The van der Waals surface area contributed by atoms with Gasteiger partial charge in [-0.1, -0.05) is 0 Å². The maximum atomic E-state index is 12.4. The van der Waals surface area contributed by atoms with E-state index in [4.69, 9.17) is 42.6 Å². The second kappa shape index (κ2) is 16.4. The van der Waals surface area contributed by atoms with Crippen molar-refractivity contribution in [3.8, 4) is 34.5 Å². The Bertz CT molecular complexity index is 1480. The molecule has 262 valence electrons. The Labute approximate surface area is 277 Å². The fourth-order valence-electron chi connectivity index (χ4n) is 5.76. The van der Waals surface area contributed by atoms with Crippen molar-refractivity contribution in [1.29, 1.82) is 0 Å². The lowest BCUT2D eigenvalue weighted by Crippen LogP contribution is -2.37. The van der Waals surface area contributed by atoms with Gasteiger partial charge in [0.05, 0.1) is 64.0 Å². The number of rotatable bonds is 11. The average molecular weight is 677 g/mol. The molecular weight excluding hydrogens is 636 g/mol. The summed E-state index contributed by atoms with van der Waals surface area (Å²) in [6, 6.07) is 4.65. The third kappa shape index (κ3) is 7.42. The van der Waals surface area contributed by atoms with Crippen LogP contribution in [0.1, 0.15) is 29.4 Å². The van der Waals surface area contributed by atoms with Crippen molar-refractivity contribution in [2.45, 2.75) is 30.3 Å². The van der Waals surface area contributed by atoms with Gasteiger partial charge in [0.25, 0.3) is 0 Å². The lowest BCUT2D eigenvalue weighted by Gasteiger charge is -2.24. The Hall–Kier alpha value is -5.41. The lowest BCUT2D eigenvalue weighted by molar-refractivity contribution is -0.149. The zero-order chi connectivity index (χ0) is 35.7. The summed E-state index contributed by atoms with van der Waals surface area (Å²) in [7, 11) is 12.5. The molecule has 2 fully saturated rings. The van der Waals surface area contributed by atoms with Crippen molar-refractivity contribution in [2.75, 3.05) is 64.0 Å². The molecular formula is C32H40N2O14. The van der Waals surface area contributed by atoms with Crippen molar-refractivity contribution in [3.05, 3.63) is 35.4 Å². The van der Waals surface area contributed by atoms with Crippen molar-refractivity contribution in [3.63, 3.8) is 0 Å². The number of nitrogens with one attached hydrogen (secondary N) is 2. The predicted octanol–water partition coefficient (Wildman–Crippen LogP) is 1.11.